The fourth-order valence-corrected chi connectivity index (χ4v) is 2.14. The molecule has 4 heteroatoms. The highest BCUT2D eigenvalue weighted by atomic mass is 35.5. The van der Waals surface area contributed by atoms with Gasteiger partial charge in [0.25, 0.3) is 0 Å². The lowest BCUT2D eigenvalue weighted by Gasteiger charge is -2.23. The number of hydrogen-bond donors (Lipinski definition) is 1. The van der Waals surface area contributed by atoms with E-state index in [0.29, 0.717) is 5.75 Å². The third-order valence-electron chi connectivity index (χ3n) is 3.00. The zero-order chi connectivity index (χ0) is 14.7. The molecule has 2 aromatic carbocycles. The molecule has 2 aromatic rings. The number of ether oxygens (including phenoxy) is 1. The second-order valence-electron chi connectivity index (χ2n) is 4.89. The van der Waals surface area contributed by atoms with Gasteiger partial charge in [0.1, 0.15) is 17.7 Å². The molecule has 0 radical (unpaired) electrons. The largest absolute Gasteiger partial charge is 0.484 e. The summed E-state index contributed by atoms with van der Waals surface area (Å²) in [5.41, 5.74) is 8.08. The third-order valence-corrected chi connectivity index (χ3v) is 3.31. The molecule has 0 aliphatic rings. The van der Waals surface area contributed by atoms with Crippen LogP contribution in [-0.4, -0.2) is 6.04 Å². The molecule has 2 rings (SSSR count). The lowest BCUT2D eigenvalue weighted by atomic mass is 10.0. The summed E-state index contributed by atoms with van der Waals surface area (Å²) in [5.74, 6) is -0.0902. The van der Waals surface area contributed by atoms with Crippen molar-refractivity contribution in [2.45, 2.75) is 26.0 Å². The summed E-state index contributed by atoms with van der Waals surface area (Å²) in [6.45, 7) is 3.86. The average molecular weight is 294 g/mol. The second-order valence-corrected chi connectivity index (χ2v) is 5.29. The number of halogens is 2. The maximum Gasteiger partial charge on any atom is 0.145 e. The lowest BCUT2D eigenvalue weighted by Crippen LogP contribution is -2.29. The van der Waals surface area contributed by atoms with Crippen LogP contribution < -0.4 is 10.5 Å². The van der Waals surface area contributed by atoms with Gasteiger partial charge in [-0.15, -0.1) is 0 Å². The monoisotopic (exact) mass is 293 g/mol. The molecule has 2 nitrogen and oxygen atoms in total. The summed E-state index contributed by atoms with van der Waals surface area (Å²) in [6, 6.07) is 12.1. The summed E-state index contributed by atoms with van der Waals surface area (Å²) >= 11 is 5.66. The molecule has 0 spiro atoms. The van der Waals surface area contributed by atoms with Gasteiger partial charge in [-0.05, 0) is 31.5 Å². The Hall–Kier alpha value is -1.58. The van der Waals surface area contributed by atoms with Gasteiger partial charge in [0.15, 0.2) is 0 Å². The predicted octanol–water partition coefficient (Wildman–Crippen LogP) is 4.25. The van der Waals surface area contributed by atoms with Crippen LogP contribution in [0.15, 0.2) is 42.5 Å². The molecule has 0 aliphatic heterocycles. The van der Waals surface area contributed by atoms with Crippen LogP contribution in [0.2, 0.25) is 5.02 Å². The van der Waals surface area contributed by atoms with Crippen molar-refractivity contribution >= 4 is 11.6 Å². The minimum Gasteiger partial charge on any atom is -0.484 e. The number of benzene rings is 2. The minimum absolute atomic E-state index is 0.0743. The summed E-state index contributed by atoms with van der Waals surface area (Å²) < 4.78 is 19.3. The van der Waals surface area contributed by atoms with Crippen LogP contribution in [0, 0.1) is 12.7 Å². The van der Waals surface area contributed by atoms with Crippen LogP contribution in [-0.2, 0) is 0 Å². The number of nitrogens with two attached hydrogens (primary N) is 1. The first-order valence-electron chi connectivity index (χ1n) is 6.41. The maximum atomic E-state index is 13.5. The summed E-state index contributed by atoms with van der Waals surface area (Å²) in [7, 11) is 0. The highest BCUT2D eigenvalue weighted by Crippen LogP contribution is 2.27. The lowest BCUT2D eigenvalue weighted by molar-refractivity contribution is 0.179. The van der Waals surface area contributed by atoms with Crippen LogP contribution in [0.1, 0.15) is 24.2 Å². The second kappa shape index (κ2) is 6.25. The molecule has 0 aliphatic carbocycles. The van der Waals surface area contributed by atoms with Gasteiger partial charge < -0.3 is 10.5 Å². The molecule has 0 saturated heterocycles. The van der Waals surface area contributed by atoms with E-state index in [2.05, 4.69) is 0 Å². The van der Waals surface area contributed by atoms with Crippen molar-refractivity contribution in [1.82, 2.24) is 0 Å². The third kappa shape index (κ3) is 3.50. The number of aryl methyl sites for hydroxylation is 1. The van der Waals surface area contributed by atoms with Crippen molar-refractivity contribution in [3.8, 4) is 5.75 Å². The molecule has 2 unspecified atom stereocenters. The van der Waals surface area contributed by atoms with Crippen LogP contribution in [0.3, 0.4) is 0 Å². The Morgan fingerprint density at radius 2 is 1.95 bits per heavy atom. The SMILES string of the molecule is Cc1cccc(C(Oc2ccc(Cl)c(F)c2)C(C)N)c1. The van der Waals surface area contributed by atoms with Crippen molar-refractivity contribution in [2.24, 2.45) is 5.73 Å². The molecule has 0 bridgehead atoms. The van der Waals surface area contributed by atoms with Crippen molar-refractivity contribution < 1.29 is 9.13 Å². The van der Waals surface area contributed by atoms with Crippen LogP contribution >= 0.6 is 11.6 Å². The quantitative estimate of drug-likeness (QED) is 0.914. The fourth-order valence-electron chi connectivity index (χ4n) is 2.02. The highest BCUT2D eigenvalue weighted by molar-refractivity contribution is 6.30. The van der Waals surface area contributed by atoms with Gasteiger partial charge in [0, 0.05) is 12.1 Å². The standard InChI is InChI=1S/C16H17ClFNO/c1-10-4-3-5-12(8-10)16(11(2)19)20-13-6-7-14(17)15(18)9-13/h3-9,11,16H,19H2,1-2H3. The van der Waals surface area contributed by atoms with E-state index in [-0.39, 0.29) is 17.2 Å². The molecular formula is C16H17ClFNO. The first-order valence-corrected chi connectivity index (χ1v) is 6.79. The fraction of sp³-hybridized carbons (Fsp3) is 0.250. The van der Waals surface area contributed by atoms with Gasteiger partial charge in [-0.3, -0.25) is 0 Å². The first kappa shape index (κ1) is 14.8. The zero-order valence-electron chi connectivity index (χ0n) is 11.4. The molecule has 0 fully saturated rings. The van der Waals surface area contributed by atoms with Crippen LogP contribution in [0.25, 0.3) is 0 Å². The van der Waals surface area contributed by atoms with Gasteiger partial charge in [0.05, 0.1) is 5.02 Å². The normalized spacial score (nSPS) is 13.8. The molecule has 20 heavy (non-hydrogen) atoms. The van der Waals surface area contributed by atoms with Gasteiger partial charge in [0.2, 0.25) is 0 Å². The van der Waals surface area contributed by atoms with E-state index in [9.17, 15) is 4.39 Å². The van der Waals surface area contributed by atoms with Crippen LogP contribution in [0.4, 0.5) is 4.39 Å². The molecule has 0 saturated carbocycles. The van der Waals surface area contributed by atoms with E-state index < -0.39 is 5.82 Å². The minimum atomic E-state index is -0.503. The summed E-state index contributed by atoms with van der Waals surface area (Å²) in [4.78, 5) is 0. The first-order chi connectivity index (χ1) is 9.47. The molecule has 106 valence electrons. The number of rotatable bonds is 4. The maximum absolute atomic E-state index is 13.5. The average Bonchev–Trinajstić information content (AvgIpc) is 2.39. The molecule has 0 amide bonds. The van der Waals surface area contributed by atoms with Gasteiger partial charge in [-0.25, -0.2) is 4.39 Å². The van der Waals surface area contributed by atoms with Crippen molar-refractivity contribution in [2.75, 3.05) is 0 Å². The zero-order valence-corrected chi connectivity index (χ0v) is 12.2. The molecule has 0 aromatic heterocycles. The molecule has 2 N–H and O–H groups in total. The topological polar surface area (TPSA) is 35.2 Å². The Morgan fingerprint density at radius 1 is 1.20 bits per heavy atom. The van der Waals surface area contributed by atoms with E-state index in [4.69, 9.17) is 22.1 Å². The van der Waals surface area contributed by atoms with Gasteiger partial charge >= 0.3 is 0 Å². The Bertz CT molecular complexity index is 601. The van der Waals surface area contributed by atoms with E-state index in [0.717, 1.165) is 11.1 Å². The predicted molar refractivity (Wildman–Crippen MR) is 79.6 cm³/mol. The van der Waals surface area contributed by atoms with E-state index in [1.54, 1.807) is 6.07 Å². The van der Waals surface area contributed by atoms with E-state index in [1.807, 2.05) is 38.1 Å². The van der Waals surface area contributed by atoms with Gasteiger partial charge in [-0.2, -0.15) is 0 Å². The van der Waals surface area contributed by atoms with Crippen molar-refractivity contribution in [3.05, 3.63) is 64.4 Å². The Morgan fingerprint density at radius 3 is 2.55 bits per heavy atom. The van der Waals surface area contributed by atoms with E-state index in [1.165, 1.54) is 12.1 Å². The Kier molecular flexibility index (Phi) is 4.63. The smallest absolute Gasteiger partial charge is 0.145 e. The van der Waals surface area contributed by atoms with Gasteiger partial charge in [-0.1, -0.05) is 41.4 Å². The molecule has 2 atom stereocenters. The van der Waals surface area contributed by atoms with E-state index >= 15 is 0 Å². The number of hydrogen-bond acceptors (Lipinski definition) is 2. The summed E-state index contributed by atoms with van der Waals surface area (Å²) in [6.07, 6.45) is -0.338. The summed E-state index contributed by atoms with van der Waals surface area (Å²) in [5, 5.41) is 0.0743. The highest BCUT2D eigenvalue weighted by Gasteiger charge is 2.19. The van der Waals surface area contributed by atoms with Crippen molar-refractivity contribution in [3.63, 3.8) is 0 Å². The molecule has 0 heterocycles. The van der Waals surface area contributed by atoms with Crippen LogP contribution in [0.5, 0.6) is 5.75 Å². The Balaban J connectivity index is 2.28. The Labute approximate surface area is 123 Å². The van der Waals surface area contributed by atoms with Crippen molar-refractivity contribution in [1.29, 1.82) is 0 Å². The molecular weight excluding hydrogens is 277 g/mol.